The first-order valence-corrected chi connectivity index (χ1v) is 6.59. The van der Waals surface area contributed by atoms with Crippen LogP contribution in [0.2, 0.25) is 5.02 Å². The Morgan fingerprint density at radius 1 is 1.50 bits per heavy atom. The van der Waals surface area contributed by atoms with Crippen LogP contribution < -0.4 is 5.32 Å². The smallest absolute Gasteiger partial charge is 0.274 e. The summed E-state index contributed by atoms with van der Waals surface area (Å²) >= 11 is 5.82. The van der Waals surface area contributed by atoms with E-state index in [9.17, 15) is 10.1 Å². The van der Waals surface area contributed by atoms with Crippen LogP contribution in [-0.2, 0) is 6.42 Å². The quantitative estimate of drug-likeness (QED) is 0.674. The van der Waals surface area contributed by atoms with Gasteiger partial charge in [0.15, 0.2) is 0 Å². The summed E-state index contributed by atoms with van der Waals surface area (Å²) in [6, 6.07) is 5.43. The number of nitro groups is 1. The van der Waals surface area contributed by atoms with E-state index in [4.69, 9.17) is 11.6 Å². The molecule has 1 aromatic rings. The van der Waals surface area contributed by atoms with Crippen molar-refractivity contribution in [3.8, 4) is 0 Å². The predicted octanol–water partition coefficient (Wildman–Crippen LogP) is 3.18. The van der Waals surface area contributed by atoms with E-state index in [1.54, 1.807) is 12.1 Å². The molecule has 98 valence electrons. The van der Waals surface area contributed by atoms with Gasteiger partial charge in [0.25, 0.3) is 5.69 Å². The van der Waals surface area contributed by atoms with Crippen LogP contribution in [0.1, 0.15) is 24.8 Å². The van der Waals surface area contributed by atoms with Gasteiger partial charge in [0.05, 0.1) is 4.92 Å². The normalized spacial score (nSPS) is 23.2. The van der Waals surface area contributed by atoms with Gasteiger partial charge in [-0.25, -0.2) is 0 Å². The number of hydrogen-bond acceptors (Lipinski definition) is 3. The van der Waals surface area contributed by atoms with E-state index in [1.165, 1.54) is 12.5 Å². The van der Waals surface area contributed by atoms with Gasteiger partial charge in [-0.2, -0.15) is 0 Å². The molecule has 1 aromatic carbocycles. The number of nitrogens with zero attached hydrogens (tertiary/aromatic N) is 1. The molecule has 2 atom stereocenters. The van der Waals surface area contributed by atoms with E-state index >= 15 is 0 Å². The Bertz CT molecular complexity index is 451. The van der Waals surface area contributed by atoms with Crippen molar-refractivity contribution in [1.82, 2.24) is 5.32 Å². The summed E-state index contributed by atoms with van der Waals surface area (Å²) < 4.78 is 0. The highest BCUT2D eigenvalue weighted by atomic mass is 35.5. The van der Waals surface area contributed by atoms with Gasteiger partial charge in [0, 0.05) is 22.7 Å². The lowest BCUT2D eigenvalue weighted by atomic mass is 9.94. The monoisotopic (exact) mass is 268 g/mol. The van der Waals surface area contributed by atoms with E-state index in [0.717, 1.165) is 24.8 Å². The lowest BCUT2D eigenvalue weighted by Gasteiger charge is -2.18. The van der Waals surface area contributed by atoms with Gasteiger partial charge in [-0.1, -0.05) is 24.1 Å². The van der Waals surface area contributed by atoms with Gasteiger partial charge in [-0.05, 0) is 38.3 Å². The summed E-state index contributed by atoms with van der Waals surface area (Å²) in [4.78, 5) is 10.7. The van der Waals surface area contributed by atoms with Crippen LogP contribution in [0, 0.1) is 16.0 Å². The summed E-state index contributed by atoms with van der Waals surface area (Å²) in [5.74, 6) is 0.481. The zero-order valence-corrected chi connectivity index (χ0v) is 11.1. The van der Waals surface area contributed by atoms with Gasteiger partial charge in [0.2, 0.25) is 0 Å². The third-order valence-electron chi connectivity index (χ3n) is 3.76. The fourth-order valence-corrected chi connectivity index (χ4v) is 2.99. The van der Waals surface area contributed by atoms with Crippen LogP contribution >= 0.6 is 11.6 Å². The number of nitrogens with one attached hydrogen (secondary N) is 1. The maximum Gasteiger partial charge on any atom is 0.274 e. The Morgan fingerprint density at radius 3 is 2.94 bits per heavy atom. The topological polar surface area (TPSA) is 55.2 Å². The molecule has 1 aliphatic rings. The Morgan fingerprint density at radius 2 is 2.28 bits per heavy atom. The van der Waals surface area contributed by atoms with Crippen molar-refractivity contribution in [3.63, 3.8) is 0 Å². The maximum absolute atomic E-state index is 11.0. The molecule has 4 nitrogen and oxygen atoms in total. The average molecular weight is 269 g/mol. The van der Waals surface area contributed by atoms with E-state index in [0.29, 0.717) is 17.0 Å². The molecular weight excluding hydrogens is 252 g/mol. The van der Waals surface area contributed by atoms with Crippen LogP contribution in [0.3, 0.4) is 0 Å². The molecule has 18 heavy (non-hydrogen) atoms. The van der Waals surface area contributed by atoms with Gasteiger partial charge in [-0.3, -0.25) is 10.1 Å². The van der Waals surface area contributed by atoms with Crippen molar-refractivity contribution in [1.29, 1.82) is 0 Å². The number of rotatable bonds is 4. The maximum atomic E-state index is 11.0. The minimum absolute atomic E-state index is 0.143. The molecule has 1 N–H and O–H groups in total. The Balaban J connectivity index is 2.20. The molecule has 0 aromatic heterocycles. The molecule has 0 aliphatic heterocycles. The van der Waals surface area contributed by atoms with Gasteiger partial charge < -0.3 is 5.32 Å². The number of halogens is 1. The fraction of sp³-hybridized carbons (Fsp3) is 0.538. The first-order chi connectivity index (χ1) is 8.61. The molecule has 1 fully saturated rings. The number of hydrogen-bond donors (Lipinski definition) is 1. The molecule has 0 heterocycles. The highest BCUT2D eigenvalue weighted by molar-refractivity contribution is 6.30. The second-order valence-electron chi connectivity index (χ2n) is 4.82. The van der Waals surface area contributed by atoms with Crippen LogP contribution in [0.25, 0.3) is 0 Å². The van der Waals surface area contributed by atoms with Crippen molar-refractivity contribution in [2.24, 2.45) is 5.92 Å². The van der Waals surface area contributed by atoms with E-state index in [2.05, 4.69) is 5.32 Å². The molecule has 2 rings (SSSR count). The van der Waals surface area contributed by atoms with Crippen molar-refractivity contribution >= 4 is 17.3 Å². The summed E-state index contributed by atoms with van der Waals surface area (Å²) in [5, 5.41) is 14.7. The van der Waals surface area contributed by atoms with E-state index < -0.39 is 0 Å². The van der Waals surface area contributed by atoms with Crippen LogP contribution in [-0.4, -0.2) is 18.0 Å². The molecule has 2 unspecified atom stereocenters. The van der Waals surface area contributed by atoms with Gasteiger partial charge in [-0.15, -0.1) is 0 Å². The highest BCUT2D eigenvalue weighted by Gasteiger charge is 2.28. The zero-order valence-electron chi connectivity index (χ0n) is 10.4. The Labute approximate surface area is 111 Å². The first-order valence-electron chi connectivity index (χ1n) is 6.22. The zero-order chi connectivity index (χ0) is 13.1. The summed E-state index contributed by atoms with van der Waals surface area (Å²) in [6.07, 6.45) is 4.23. The summed E-state index contributed by atoms with van der Waals surface area (Å²) in [6.45, 7) is 0. The first kappa shape index (κ1) is 13.3. The van der Waals surface area contributed by atoms with Crippen molar-refractivity contribution in [2.45, 2.75) is 31.7 Å². The average Bonchev–Trinajstić information content (AvgIpc) is 2.78. The third-order valence-corrected chi connectivity index (χ3v) is 3.99. The predicted molar refractivity (Wildman–Crippen MR) is 72.0 cm³/mol. The van der Waals surface area contributed by atoms with Crippen LogP contribution in [0.15, 0.2) is 18.2 Å². The minimum atomic E-state index is -0.343. The van der Waals surface area contributed by atoms with Crippen molar-refractivity contribution < 1.29 is 4.92 Å². The second kappa shape index (κ2) is 5.67. The number of nitro benzene ring substituents is 1. The molecule has 0 saturated heterocycles. The standard InChI is InChI=1S/C13H17ClN2O2/c1-15-12-4-2-3-9(12)7-10-5-6-11(14)8-13(10)16(17)18/h5-6,8-9,12,15H,2-4,7H2,1H3. The molecule has 0 spiro atoms. The number of benzene rings is 1. The second-order valence-corrected chi connectivity index (χ2v) is 5.26. The fourth-order valence-electron chi connectivity index (χ4n) is 2.82. The largest absolute Gasteiger partial charge is 0.317 e. The molecule has 1 saturated carbocycles. The third kappa shape index (κ3) is 2.82. The highest BCUT2D eigenvalue weighted by Crippen LogP contribution is 2.32. The molecule has 0 amide bonds. The van der Waals surface area contributed by atoms with Crippen LogP contribution in [0.5, 0.6) is 0 Å². The molecule has 0 bridgehead atoms. The lowest BCUT2D eigenvalue weighted by molar-refractivity contribution is -0.385. The van der Waals surface area contributed by atoms with Gasteiger partial charge in [0.1, 0.15) is 0 Å². The van der Waals surface area contributed by atoms with E-state index in [1.807, 2.05) is 7.05 Å². The molecule has 5 heteroatoms. The lowest BCUT2D eigenvalue weighted by Crippen LogP contribution is -2.30. The van der Waals surface area contributed by atoms with E-state index in [-0.39, 0.29) is 10.6 Å². The Kier molecular flexibility index (Phi) is 4.19. The molecule has 0 radical (unpaired) electrons. The summed E-state index contributed by atoms with van der Waals surface area (Å²) in [7, 11) is 1.96. The van der Waals surface area contributed by atoms with Crippen LogP contribution in [0.4, 0.5) is 5.69 Å². The minimum Gasteiger partial charge on any atom is -0.317 e. The van der Waals surface area contributed by atoms with Crippen molar-refractivity contribution in [3.05, 3.63) is 38.9 Å². The van der Waals surface area contributed by atoms with Gasteiger partial charge >= 0.3 is 0 Å². The summed E-state index contributed by atoms with van der Waals surface area (Å²) in [5.41, 5.74) is 0.931. The molecular formula is C13H17ClN2O2. The molecule has 1 aliphatic carbocycles. The SMILES string of the molecule is CNC1CCCC1Cc1ccc(Cl)cc1[N+](=O)[O-]. The Hall–Kier alpha value is -1.13. The van der Waals surface area contributed by atoms with Crippen molar-refractivity contribution in [2.75, 3.05) is 7.05 Å².